The number of hydrogen-bond donors (Lipinski definition) is 2. The summed E-state index contributed by atoms with van der Waals surface area (Å²) in [6.45, 7) is 6.47. The smallest absolute Gasteiger partial charge is 0.271 e. The minimum atomic E-state index is -0.416. The molecule has 1 aromatic carbocycles. The van der Waals surface area contributed by atoms with Gasteiger partial charge in [0.1, 0.15) is 5.69 Å². The van der Waals surface area contributed by atoms with Crippen LogP contribution in [0, 0.1) is 5.92 Å². The summed E-state index contributed by atoms with van der Waals surface area (Å²) in [6, 6.07) is 10.1. The van der Waals surface area contributed by atoms with E-state index in [1.165, 1.54) is 16.9 Å². The average Bonchev–Trinajstić information content (AvgIpc) is 2.96. The Labute approximate surface area is 135 Å². The summed E-state index contributed by atoms with van der Waals surface area (Å²) in [5.74, 6) is 0.0982. The molecule has 0 aliphatic rings. The molecule has 1 amide bonds. The Morgan fingerprint density at radius 2 is 2.05 bits per heavy atom. The van der Waals surface area contributed by atoms with E-state index in [4.69, 9.17) is 5.73 Å². The summed E-state index contributed by atoms with van der Waals surface area (Å²) in [5, 5.41) is 5.77. The molecule has 1 aromatic heterocycles. The fourth-order valence-corrected chi connectivity index (χ4v) is 2.83. The molecule has 0 bridgehead atoms. The Morgan fingerprint density at radius 3 is 2.64 bits per heavy atom. The van der Waals surface area contributed by atoms with Crippen LogP contribution in [0.1, 0.15) is 41.8 Å². The number of hydrogen-bond acceptors (Lipinski definition) is 4. The van der Waals surface area contributed by atoms with Crippen molar-refractivity contribution in [2.45, 2.75) is 32.7 Å². The predicted octanol–water partition coefficient (Wildman–Crippen LogP) is 2.84. The number of aromatic nitrogens is 1. The summed E-state index contributed by atoms with van der Waals surface area (Å²) in [7, 11) is 0. The zero-order chi connectivity index (χ0) is 16.2. The number of rotatable bonds is 6. The van der Waals surface area contributed by atoms with Crippen molar-refractivity contribution in [1.82, 2.24) is 10.3 Å². The third kappa shape index (κ3) is 3.93. The fourth-order valence-electron chi connectivity index (χ4n) is 2.02. The summed E-state index contributed by atoms with van der Waals surface area (Å²) in [6.07, 6.45) is 0.747. The lowest BCUT2D eigenvalue weighted by atomic mass is 9.88. The molecule has 0 saturated heterocycles. The zero-order valence-corrected chi connectivity index (χ0v) is 14.1. The summed E-state index contributed by atoms with van der Waals surface area (Å²) in [5.41, 5.74) is 7.05. The molecule has 1 heterocycles. The molecule has 2 rings (SSSR count). The molecule has 0 aliphatic heterocycles. The second-order valence-electron chi connectivity index (χ2n) is 6.02. The number of amides is 1. The largest absolute Gasteiger partial charge is 0.344 e. The van der Waals surface area contributed by atoms with Crippen molar-refractivity contribution in [1.29, 1.82) is 0 Å². The molecule has 0 saturated carbocycles. The molecule has 3 N–H and O–H groups in total. The highest BCUT2D eigenvalue weighted by molar-refractivity contribution is 7.09. The Morgan fingerprint density at radius 1 is 1.36 bits per heavy atom. The molecule has 1 atom stereocenters. The van der Waals surface area contributed by atoms with Crippen LogP contribution in [-0.2, 0) is 6.42 Å². The third-order valence-electron chi connectivity index (χ3n) is 4.08. The van der Waals surface area contributed by atoms with Gasteiger partial charge in [0.25, 0.3) is 5.91 Å². The number of nitrogens with one attached hydrogen (secondary N) is 1. The number of nitrogens with zero attached hydrogens (tertiary/aromatic N) is 1. The van der Waals surface area contributed by atoms with Crippen molar-refractivity contribution in [3.63, 3.8) is 0 Å². The van der Waals surface area contributed by atoms with Gasteiger partial charge in [-0.2, -0.15) is 0 Å². The van der Waals surface area contributed by atoms with E-state index in [1.54, 1.807) is 0 Å². The van der Waals surface area contributed by atoms with Gasteiger partial charge in [-0.1, -0.05) is 44.2 Å². The second-order valence-corrected chi connectivity index (χ2v) is 6.96. The molecule has 0 spiro atoms. The molecule has 4 nitrogen and oxygen atoms in total. The van der Waals surface area contributed by atoms with Gasteiger partial charge < -0.3 is 11.1 Å². The van der Waals surface area contributed by atoms with Gasteiger partial charge >= 0.3 is 0 Å². The number of thiazole rings is 1. The molecule has 118 valence electrons. The molecule has 1 unspecified atom stereocenters. The number of carbonyl (C=O) groups excluding carboxylic acids is 1. The second kappa shape index (κ2) is 7.03. The topological polar surface area (TPSA) is 68.0 Å². The Bertz CT molecular complexity index is 624. The zero-order valence-electron chi connectivity index (χ0n) is 13.3. The van der Waals surface area contributed by atoms with Crippen molar-refractivity contribution in [3.05, 3.63) is 52.0 Å². The average molecular weight is 317 g/mol. The number of benzene rings is 1. The molecule has 5 heteroatoms. The van der Waals surface area contributed by atoms with Crippen LogP contribution in [0.2, 0.25) is 0 Å². The number of carbonyl (C=O) groups is 1. The van der Waals surface area contributed by atoms with Crippen molar-refractivity contribution in [3.8, 4) is 0 Å². The molecule has 22 heavy (non-hydrogen) atoms. The quantitative estimate of drug-likeness (QED) is 0.861. The van der Waals surface area contributed by atoms with Crippen LogP contribution in [0.5, 0.6) is 0 Å². The van der Waals surface area contributed by atoms with Gasteiger partial charge in [0, 0.05) is 18.3 Å². The summed E-state index contributed by atoms with van der Waals surface area (Å²) in [4.78, 5) is 16.8. The van der Waals surface area contributed by atoms with E-state index < -0.39 is 5.54 Å². The first-order valence-corrected chi connectivity index (χ1v) is 8.33. The molecule has 2 aromatic rings. The SMILES string of the molecule is CC(C)C(C)(CN)NC(=O)c1csc(Cc2ccccc2)n1. The van der Waals surface area contributed by atoms with Crippen LogP contribution in [0.25, 0.3) is 0 Å². The van der Waals surface area contributed by atoms with Crippen LogP contribution in [0.3, 0.4) is 0 Å². The highest BCUT2D eigenvalue weighted by Crippen LogP contribution is 2.18. The van der Waals surface area contributed by atoms with Gasteiger partial charge in [0.15, 0.2) is 0 Å². The van der Waals surface area contributed by atoms with Crippen LogP contribution in [0.15, 0.2) is 35.7 Å². The van der Waals surface area contributed by atoms with Gasteiger partial charge in [-0.25, -0.2) is 4.98 Å². The van der Waals surface area contributed by atoms with Crippen molar-refractivity contribution >= 4 is 17.2 Å². The molecule has 0 fully saturated rings. The highest BCUT2D eigenvalue weighted by Gasteiger charge is 2.29. The maximum atomic E-state index is 12.4. The molecule has 0 aliphatic carbocycles. The fraction of sp³-hybridized carbons (Fsp3) is 0.412. The van der Waals surface area contributed by atoms with Gasteiger partial charge in [-0.3, -0.25) is 4.79 Å². The summed E-state index contributed by atoms with van der Waals surface area (Å²) >= 11 is 1.51. The van der Waals surface area contributed by atoms with E-state index >= 15 is 0 Å². The lowest BCUT2D eigenvalue weighted by Gasteiger charge is -2.33. The third-order valence-corrected chi connectivity index (χ3v) is 4.93. The maximum Gasteiger partial charge on any atom is 0.271 e. The summed E-state index contributed by atoms with van der Waals surface area (Å²) < 4.78 is 0. The van der Waals surface area contributed by atoms with E-state index in [1.807, 2.05) is 30.5 Å². The minimum Gasteiger partial charge on any atom is -0.344 e. The van der Waals surface area contributed by atoms with Gasteiger partial charge in [-0.15, -0.1) is 11.3 Å². The Kier molecular flexibility index (Phi) is 5.32. The maximum absolute atomic E-state index is 12.4. The monoisotopic (exact) mass is 317 g/mol. The standard InChI is InChI=1S/C17H23N3OS/c1-12(2)17(3,11-18)20-16(21)14-10-22-15(19-14)9-13-7-5-4-6-8-13/h4-8,10,12H,9,11,18H2,1-3H3,(H,20,21). The van der Waals surface area contributed by atoms with Crippen molar-refractivity contribution < 1.29 is 4.79 Å². The lowest BCUT2D eigenvalue weighted by Crippen LogP contribution is -2.55. The first kappa shape index (κ1) is 16.6. The van der Waals surface area contributed by atoms with Crippen LogP contribution in [0.4, 0.5) is 0 Å². The van der Waals surface area contributed by atoms with Gasteiger partial charge in [-0.05, 0) is 18.4 Å². The van der Waals surface area contributed by atoms with Crippen molar-refractivity contribution in [2.75, 3.05) is 6.54 Å². The normalized spacial score (nSPS) is 13.9. The first-order valence-electron chi connectivity index (χ1n) is 7.45. The Hall–Kier alpha value is -1.72. The molecule has 0 radical (unpaired) electrons. The predicted molar refractivity (Wildman–Crippen MR) is 91.1 cm³/mol. The van der Waals surface area contributed by atoms with Gasteiger partial charge in [0.2, 0.25) is 0 Å². The minimum absolute atomic E-state index is 0.155. The van der Waals surface area contributed by atoms with Crippen LogP contribution < -0.4 is 11.1 Å². The Balaban J connectivity index is 2.06. The van der Waals surface area contributed by atoms with Crippen molar-refractivity contribution in [2.24, 2.45) is 11.7 Å². The van der Waals surface area contributed by atoms with E-state index in [-0.39, 0.29) is 11.8 Å². The van der Waals surface area contributed by atoms with E-state index in [0.29, 0.717) is 12.2 Å². The molecular weight excluding hydrogens is 294 g/mol. The van der Waals surface area contributed by atoms with E-state index in [2.05, 4.69) is 36.3 Å². The van der Waals surface area contributed by atoms with E-state index in [0.717, 1.165) is 11.4 Å². The van der Waals surface area contributed by atoms with Crippen LogP contribution in [-0.4, -0.2) is 23.0 Å². The van der Waals surface area contributed by atoms with Gasteiger partial charge in [0.05, 0.1) is 10.5 Å². The highest BCUT2D eigenvalue weighted by atomic mass is 32.1. The first-order chi connectivity index (χ1) is 10.4. The van der Waals surface area contributed by atoms with E-state index in [9.17, 15) is 4.79 Å². The van der Waals surface area contributed by atoms with Crippen LogP contribution >= 0.6 is 11.3 Å². The number of nitrogens with two attached hydrogens (primary N) is 1. The lowest BCUT2D eigenvalue weighted by molar-refractivity contribution is 0.0878. The molecular formula is C17H23N3OS.